The maximum Gasteiger partial charge on any atom is 0.273 e. The third kappa shape index (κ3) is 4.18. The highest BCUT2D eigenvalue weighted by atomic mass is 32.1. The normalized spacial score (nSPS) is 15.5. The summed E-state index contributed by atoms with van der Waals surface area (Å²) in [4.78, 5) is 28.2. The quantitative estimate of drug-likeness (QED) is 0.595. The van der Waals surface area contributed by atoms with Crippen LogP contribution in [0.4, 0.5) is 0 Å². The molecule has 2 aromatic heterocycles. The molecule has 0 radical (unpaired) electrons. The summed E-state index contributed by atoms with van der Waals surface area (Å²) >= 11 is 2.66. The highest BCUT2D eigenvalue weighted by Crippen LogP contribution is 2.20. The van der Waals surface area contributed by atoms with E-state index in [4.69, 9.17) is 9.47 Å². The predicted octanol–water partition coefficient (Wildman–Crippen LogP) is 1.33. The van der Waals surface area contributed by atoms with E-state index >= 15 is 0 Å². The summed E-state index contributed by atoms with van der Waals surface area (Å²) < 4.78 is 12.9. The number of methoxy groups -OCH3 is 1. The Morgan fingerprint density at radius 3 is 2.71 bits per heavy atom. The molecule has 9 heteroatoms. The fraction of sp³-hybridized carbons (Fsp3) is 0.227. The largest absolute Gasteiger partial charge is 0.495 e. The Morgan fingerprint density at radius 1 is 1.26 bits per heavy atom. The summed E-state index contributed by atoms with van der Waals surface area (Å²) in [5.41, 5.74) is 0.993. The predicted molar refractivity (Wildman–Crippen MR) is 120 cm³/mol. The van der Waals surface area contributed by atoms with Crippen molar-refractivity contribution in [2.45, 2.75) is 0 Å². The molecule has 0 atom stereocenters. The fourth-order valence-corrected chi connectivity index (χ4v) is 5.01. The molecule has 1 saturated heterocycles. The Morgan fingerprint density at radius 2 is 2.03 bits per heavy atom. The minimum absolute atomic E-state index is 0.0696. The Labute approximate surface area is 186 Å². The first kappa shape index (κ1) is 21.1. The number of hydrogen-bond acceptors (Lipinski definition) is 7. The topological polar surface area (TPSA) is 84.6 Å². The lowest BCUT2D eigenvalue weighted by Crippen LogP contribution is -2.42. The number of aromatic nitrogens is 1. The zero-order chi connectivity index (χ0) is 21.8. The van der Waals surface area contributed by atoms with E-state index in [1.165, 1.54) is 23.0 Å². The number of thiazole rings is 1. The molecule has 4 rings (SSSR count). The molecule has 7 nitrogen and oxygen atoms in total. The van der Waals surface area contributed by atoms with Crippen molar-refractivity contribution in [1.82, 2.24) is 9.47 Å². The van der Waals surface area contributed by atoms with Gasteiger partial charge in [-0.05, 0) is 40.6 Å². The maximum atomic E-state index is 13.4. The lowest BCUT2D eigenvalue weighted by atomic mass is 10.2. The summed E-state index contributed by atoms with van der Waals surface area (Å²) in [6, 6.07) is 11.0. The minimum atomic E-state index is -0.405. The molecule has 1 amide bonds. The van der Waals surface area contributed by atoms with Gasteiger partial charge in [0.1, 0.15) is 16.5 Å². The zero-order valence-electron chi connectivity index (χ0n) is 16.7. The Hall–Kier alpha value is -3.19. The number of hydrogen-bond donors (Lipinski definition) is 0. The standard InChI is InChI=1S/C22H19N3O4S2/c1-28-18-5-3-2-4-17(18)25-21(27)19(12-15-6-11-30-14-15)31-22(25)16(13-23)20(26)24-7-9-29-10-8-24/h2-6,11-12,14H,7-10H2,1H3. The molecular weight excluding hydrogens is 434 g/mol. The van der Waals surface area contributed by atoms with Crippen LogP contribution in [0.5, 0.6) is 5.75 Å². The van der Waals surface area contributed by atoms with Crippen LogP contribution in [0.1, 0.15) is 5.56 Å². The molecule has 1 aromatic carbocycles. The molecule has 31 heavy (non-hydrogen) atoms. The van der Waals surface area contributed by atoms with Crippen LogP contribution in [0.15, 0.2) is 45.9 Å². The van der Waals surface area contributed by atoms with Crippen LogP contribution in [0, 0.1) is 11.3 Å². The van der Waals surface area contributed by atoms with E-state index in [1.54, 1.807) is 35.2 Å². The molecule has 158 valence electrons. The summed E-state index contributed by atoms with van der Waals surface area (Å²) in [7, 11) is 1.52. The molecule has 0 unspecified atom stereocenters. The van der Waals surface area contributed by atoms with E-state index in [-0.39, 0.29) is 15.8 Å². The van der Waals surface area contributed by atoms with E-state index in [0.717, 1.165) is 16.9 Å². The smallest absolute Gasteiger partial charge is 0.273 e. The number of ether oxygens (including phenoxy) is 2. The Kier molecular flexibility index (Phi) is 6.32. The highest BCUT2D eigenvalue weighted by molar-refractivity contribution is 7.08. The second kappa shape index (κ2) is 9.31. The SMILES string of the molecule is COc1ccccc1-n1c(=C(C#N)C(=O)N2CCOCC2)sc(=Cc2ccsc2)c1=O. The summed E-state index contributed by atoms with van der Waals surface area (Å²) in [5, 5.41) is 13.8. The minimum Gasteiger partial charge on any atom is -0.495 e. The number of morpholine rings is 1. The average Bonchev–Trinajstić information content (AvgIpc) is 3.43. The van der Waals surface area contributed by atoms with Crippen LogP contribution < -0.4 is 19.5 Å². The van der Waals surface area contributed by atoms with Gasteiger partial charge in [0, 0.05) is 13.1 Å². The van der Waals surface area contributed by atoms with Crippen molar-refractivity contribution in [3.63, 3.8) is 0 Å². The molecule has 1 aliphatic rings. The van der Waals surface area contributed by atoms with Crippen LogP contribution in [0.2, 0.25) is 0 Å². The van der Waals surface area contributed by atoms with Crippen LogP contribution in [-0.4, -0.2) is 48.8 Å². The van der Waals surface area contributed by atoms with E-state index in [1.807, 2.05) is 22.9 Å². The number of carbonyl (C=O) groups is 1. The van der Waals surface area contributed by atoms with Gasteiger partial charge >= 0.3 is 0 Å². The second-order valence-electron chi connectivity index (χ2n) is 6.68. The number of carbonyl (C=O) groups excluding carboxylic acids is 1. The van der Waals surface area contributed by atoms with Gasteiger partial charge in [0.2, 0.25) is 0 Å². The summed E-state index contributed by atoms with van der Waals surface area (Å²) in [5.74, 6) is 0.0691. The average molecular weight is 454 g/mol. The van der Waals surface area contributed by atoms with Crippen molar-refractivity contribution < 1.29 is 14.3 Å². The molecule has 0 saturated carbocycles. The second-order valence-corrected chi connectivity index (χ2v) is 8.49. The molecular formula is C22H19N3O4S2. The van der Waals surface area contributed by atoms with Crippen molar-refractivity contribution in [1.29, 1.82) is 5.26 Å². The van der Waals surface area contributed by atoms with Gasteiger partial charge in [-0.25, -0.2) is 0 Å². The van der Waals surface area contributed by atoms with Crippen LogP contribution >= 0.6 is 22.7 Å². The molecule has 0 N–H and O–H groups in total. The molecule has 1 aliphatic heterocycles. The molecule has 1 fully saturated rings. The highest BCUT2D eigenvalue weighted by Gasteiger charge is 2.24. The number of para-hydroxylation sites is 2. The fourth-order valence-electron chi connectivity index (χ4n) is 3.30. The first-order chi connectivity index (χ1) is 15.1. The zero-order valence-corrected chi connectivity index (χ0v) is 18.4. The van der Waals surface area contributed by atoms with Crippen LogP contribution in [-0.2, 0) is 9.53 Å². The van der Waals surface area contributed by atoms with E-state index in [9.17, 15) is 14.9 Å². The van der Waals surface area contributed by atoms with Crippen molar-refractivity contribution in [3.8, 4) is 17.5 Å². The van der Waals surface area contributed by atoms with E-state index in [2.05, 4.69) is 0 Å². The lowest BCUT2D eigenvalue weighted by molar-refractivity contribution is -0.128. The van der Waals surface area contributed by atoms with Gasteiger partial charge in [-0.3, -0.25) is 14.2 Å². The molecule has 3 heterocycles. The molecule has 0 bridgehead atoms. The third-order valence-corrected chi connectivity index (χ3v) is 6.62. The summed E-state index contributed by atoms with van der Waals surface area (Å²) in [6.07, 6.45) is 1.77. The summed E-state index contributed by atoms with van der Waals surface area (Å²) in [6.45, 7) is 1.65. The molecule has 0 spiro atoms. The van der Waals surface area contributed by atoms with Gasteiger partial charge in [-0.1, -0.05) is 12.1 Å². The van der Waals surface area contributed by atoms with Gasteiger partial charge in [-0.15, -0.1) is 11.3 Å². The van der Waals surface area contributed by atoms with Gasteiger partial charge in [0.25, 0.3) is 11.5 Å². The van der Waals surface area contributed by atoms with Crippen molar-refractivity contribution in [2.75, 3.05) is 33.4 Å². The Balaban J connectivity index is 2.02. The van der Waals surface area contributed by atoms with Crippen molar-refractivity contribution in [2.24, 2.45) is 0 Å². The van der Waals surface area contributed by atoms with Crippen molar-refractivity contribution >= 4 is 40.2 Å². The first-order valence-electron chi connectivity index (χ1n) is 9.54. The maximum absolute atomic E-state index is 13.4. The van der Waals surface area contributed by atoms with Crippen LogP contribution in [0.3, 0.4) is 0 Å². The first-order valence-corrected chi connectivity index (χ1v) is 11.3. The molecule has 0 aliphatic carbocycles. The lowest BCUT2D eigenvalue weighted by Gasteiger charge is -2.26. The monoisotopic (exact) mass is 453 g/mol. The number of rotatable bonds is 4. The number of nitriles is 1. The number of thiophene rings is 1. The van der Waals surface area contributed by atoms with Crippen LogP contribution in [0.25, 0.3) is 17.3 Å². The van der Waals surface area contributed by atoms with E-state index < -0.39 is 5.91 Å². The van der Waals surface area contributed by atoms with Crippen molar-refractivity contribution in [3.05, 3.63) is 66.2 Å². The van der Waals surface area contributed by atoms with Gasteiger partial charge in [-0.2, -0.15) is 16.6 Å². The van der Waals surface area contributed by atoms with Gasteiger partial charge in [0.15, 0.2) is 5.57 Å². The number of nitrogens with zero attached hydrogens (tertiary/aromatic N) is 3. The van der Waals surface area contributed by atoms with Gasteiger partial charge < -0.3 is 14.4 Å². The third-order valence-electron chi connectivity index (χ3n) is 4.83. The van der Waals surface area contributed by atoms with E-state index in [0.29, 0.717) is 42.3 Å². The Bertz CT molecular complexity index is 1310. The number of benzene rings is 1. The van der Waals surface area contributed by atoms with Gasteiger partial charge in [0.05, 0.1) is 30.5 Å². The molecule has 3 aromatic rings. The number of amides is 1.